The van der Waals surface area contributed by atoms with Crippen molar-refractivity contribution < 1.29 is 18.6 Å². The molecule has 0 aliphatic rings. The molecule has 11 heteroatoms. The summed E-state index contributed by atoms with van der Waals surface area (Å²) in [6.07, 6.45) is 0. The minimum absolute atomic E-state index is 0.107. The Morgan fingerprint density at radius 3 is 2.22 bits per heavy atom. The molecule has 1 aromatic carbocycles. The van der Waals surface area contributed by atoms with Crippen molar-refractivity contribution in [2.24, 2.45) is 0 Å². The Labute approximate surface area is 194 Å². The first kappa shape index (κ1) is 20.6. The van der Waals surface area contributed by atoms with Crippen molar-refractivity contribution in [3.05, 3.63) is 76.6 Å². The molecule has 4 heterocycles. The van der Waals surface area contributed by atoms with Gasteiger partial charge >= 0.3 is 5.97 Å². The number of carbonyl (C=O) groups excluding carboxylic acids is 1. The van der Waals surface area contributed by atoms with E-state index in [-0.39, 0.29) is 12.5 Å². The van der Waals surface area contributed by atoms with Gasteiger partial charge in [-0.15, -0.1) is 34.4 Å². The van der Waals surface area contributed by atoms with Gasteiger partial charge in [-0.1, -0.05) is 34.6 Å². The molecule has 5 rings (SSSR count). The third-order valence-corrected chi connectivity index (χ3v) is 6.99. The van der Waals surface area contributed by atoms with Crippen LogP contribution < -0.4 is 0 Å². The van der Waals surface area contributed by atoms with Crippen molar-refractivity contribution in [1.29, 1.82) is 0 Å². The highest BCUT2D eigenvalue weighted by Crippen LogP contribution is 2.28. The molecule has 0 spiro atoms. The van der Waals surface area contributed by atoms with Crippen LogP contribution in [0.4, 0.5) is 0 Å². The van der Waals surface area contributed by atoms with Gasteiger partial charge in [-0.05, 0) is 35.0 Å². The molecular formula is C21H14N4O4S3. The summed E-state index contributed by atoms with van der Waals surface area (Å²) in [6, 6.07) is 14.9. The number of ether oxygens (including phenoxy) is 1. The lowest BCUT2D eigenvalue weighted by Crippen LogP contribution is -2.07. The molecule has 0 N–H and O–H groups in total. The standard InChI is InChI=1S/C21H14N4O4S3/c26-21(27-11-17-22-19(24-28-17)15-7-3-9-30-15)13-5-1-2-6-14(13)32-12-18-23-20(25-29-18)16-8-4-10-31-16/h1-10H,11-12H2. The largest absolute Gasteiger partial charge is 0.452 e. The van der Waals surface area contributed by atoms with E-state index < -0.39 is 5.97 Å². The van der Waals surface area contributed by atoms with E-state index in [1.165, 1.54) is 23.1 Å². The average molecular weight is 483 g/mol. The highest BCUT2D eigenvalue weighted by Gasteiger charge is 2.17. The maximum atomic E-state index is 12.7. The molecule has 4 aromatic heterocycles. The number of thioether (sulfide) groups is 1. The van der Waals surface area contributed by atoms with E-state index in [9.17, 15) is 4.79 Å². The fourth-order valence-electron chi connectivity index (χ4n) is 2.74. The number of hydrogen-bond acceptors (Lipinski definition) is 11. The van der Waals surface area contributed by atoms with Crippen LogP contribution in [-0.2, 0) is 17.1 Å². The van der Waals surface area contributed by atoms with Crippen LogP contribution in [0.15, 0.2) is 73.2 Å². The molecule has 0 bridgehead atoms. The average Bonchev–Trinajstić information content (AvgIpc) is 3.63. The van der Waals surface area contributed by atoms with E-state index in [2.05, 4.69) is 20.3 Å². The smallest absolute Gasteiger partial charge is 0.339 e. The number of thiophene rings is 2. The Kier molecular flexibility index (Phi) is 6.10. The van der Waals surface area contributed by atoms with Gasteiger partial charge in [0.2, 0.25) is 17.5 Å². The predicted molar refractivity (Wildman–Crippen MR) is 120 cm³/mol. The van der Waals surface area contributed by atoms with Crippen molar-refractivity contribution in [3.8, 4) is 21.4 Å². The van der Waals surface area contributed by atoms with Gasteiger partial charge in [-0.2, -0.15) is 9.97 Å². The van der Waals surface area contributed by atoms with Crippen LogP contribution in [0.1, 0.15) is 22.1 Å². The fraction of sp³-hybridized carbons (Fsp3) is 0.0952. The summed E-state index contributed by atoms with van der Waals surface area (Å²) in [5, 5.41) is 11.8. The number of hydrogen-bond donors (Lipinski definition) is 0. The van der Waals surface area contributed by atoms with Crippen molar-refractivity contribution >= 4 is 40.4 Å². The van der Waals surface area contributed by atoms with E-state index in [0.717, 1.165) is 14.6 Å². The zero-order chi connectivity index (χ0) is 21.8. The van der Waals surface area contributed by atoms with Gasteiger partial charge in [0.25, 0.3) is 5.89 Å². The van der Waals surface area contributed by atoms with Gasteiger partial charge < -0.3 is 13.8 Å². The summed E-state index contributed by atoms with van der Waals surface area (Å²) in [7, 11) is 0. The third kappa shape index (κ3) is 4.64. The SMILES string of the molecule is O=C(OCc1nc(-c2cccs2)no1)c1ccccc1SCc1nc(-c2cccs2)no1. The number of esters is 1. The Morgan fingerprint density at radius 2 is 1.53 bits per heavy atom. The van der Waals surface area contributed by atoms with Crippen LogP contribution in [-0.4, -0.2) is 26.3 Å². The molecule has 5 aromatic rings. The second-order valence-electron chi connectivity index (χ2n) is 6.34. The quantitative estimate of drug-likeness (QED) is 0.208. The molecular weight excluding hydrogens is 468 g/mol. The van der Waals surface area contributed by atoms with E-state index in [1.54, 1.807) is 23.5 Å². The zero-order valence-corrected chi connectivity index (χ0v) is 18.8. The monoisotopic (exact) mass is 482 g/mol. The molecule has 8 nitrogen and oxygen atoms in total. The van der Waals surface area contributed by atoms with Crippen molar-refractivity contribution in [3.63, 3.8) is 0 Å². The Balaban J connectivity index is 1.22. The van der Waals surface area contributed by atoms with E-state index in [4.69, 9.17) is 13.8 Å². The van der Waals surface area contributed by atoms with E-state index >= 15 is 0 Å². The highest BCUT2D eigenvalue weighted by molar-refractivity contribution is 7.98. The van der Waals surface area contributed by atoms with Crippen LogP contribution in [0.25, 0.3) is 21.4 Å². The zero-order valence-electron chi connectivity index (χ0n) is 16.3. The lowest BCUT2D eigenvalue weighted by molar-refractivity contribution is 0.0425. The van der Waals surface area contributed by atoms with Gasteiger partial charge in [-0.25, -0.2) is 4.79 Å². The minimum Gasteiger partial charge on any atom is -0.452 e. The molecule has 0 saturated heterocycles. The van der Waals surface area contributed by atoms with Crippen LogP contribution in [0.5, 0.6) is 0 Å². The summed E-state index contributed by atoms with van der Waals surface area (Å²) in [5.41, 5.74) is 0.438. The maximum absolute atomic E-state index is 12.7. The fourth-order valence-corrected chi connectivity index (χ4v) is 4.92. The van der Waals surface area contributed by atoms with Gasteiger partial charge in [0, 0.05) is 4.90 Å². The first-order valence-electron chi connectivity index (χ1n) is 9.38. The molecule has 0 aliphatic carbocycles. The molecule has 0 fully saturated rings. The highest BCUT2D eigenvalue weighted by atomic mass is 32.2. The number of nitrogens with zero attached hydrogens (tertiary/aromatic N) is 4. The van der Waals surface area contributed by atoms with Gasteiger partial charge in [0.1, 0.15) is 0 Å². The van der Waals surface area contributed by atoms with Crippen molar-refractivity contribution in [2.75, 3.05) is 0 Å². The van der Waals surface area contributed by atoms with Crippen LogP contribution in [0.3, 0.4) is 0 Å². The molecule has 0 unspecified atom stereocenters. The summed E-state index contributed by atoms with van der Waals surface area (Å²) in [5.74, 6) is 1.70. The van der Waals surface area contributed by atoms with E-state index in [0.29, 0.717) is 28.9 Å². The Morgan fingerprint density at radius 1 is 0.875 bits per heavy atom. The topological polar surface area (TPSA) is 104 Å². The number of rotatable bonds is 8. The summed E-state index contributed by atoms with van der Waals surface area (Å²) in [6.45, 7) is -0.107. The number of carbonyl (C=O) groups is 1. The Hall–Kier alpha value is -3.28. The summed E-state index contributed by atoms with van der Waals surface area (Å²) in [4.78, 5) is 23.9. The van der Waals surface area contributed by atoms with E-state index in [1.807, 2.05) is 47.2 Å². The van der Waals surface area contributed by atoms with Crippen molar-refractivity contribution in [2.45, 2.75) is 17.3 Å². The molecule has 0 aliphatic heterocycles. The first-order chi connectivity index (χ1) is 15.8. The normalized spacial score (nSPS) is 11.0. The maximum Gasteiger partial charge on any atom is 0.339 e. The lowest BCUT2D eigenvalue weighted by Gasteiger charge is -2.07. The molecule has 0 saturated carbocycles. The van der Waals surface area contributed by atoms with Crippen LogP contribution in [0.2, 0.25) is 0 Å². The molecule has 160 valence electrons. The van der Waals surface area contributed by atoms with Crippen LogP contribution in [0, 0.1) is 0 Å². The molecule has 0 amide bonds. The number of benzene rings is 1. The van der Waals surface area contributed by atoms with Crippen LogP contribution >= 0.6 is 34.4 Å². The first-order valence-corrected chi connectivity index (χ1v) is 12.1. The van der Waals surface area contributed by atoms with Crippen molar-refractivity contribution in [1.82, 2.24) is 20.3 Å². The molecule has 0 radical (unpaired) electrons. The minimum atomic E-state index is -0.478. The predicted octanol–water partition coefficient (Wildman–Crippen LogP) is 5.56. The molecule has 32 heavy (non-hydrogen) atoms. The molecule has 0 atom stereocenters. The number of aromatic nitrogens is 4. The van der Waals surface area contributed by atoms with Gasteiger partial charge in [0.05, 0.1) is 21.1 Å². The van der Waals surface area contributed by atoms with Gasteiger partial charge in [-0.3, -0.25) is 0 Å². The second kappa shape index (κ2) is 9.47. The Bertz CT molecular complexity index is 1310. The van der Waals surface area contributed by atoms with Gasteiger partial charge in [0.15, 0.2) is 6.61 Å². The summed E-state index contributed by atoms with van der Waals surface area (Å²) < 4.78 is 15.9. The lowest BCUT2D eigenvalue weighted by atomic mass is 10.2. The third-order valence-electron chi connectivity index (χ3n) is 4.20. The summed E-state index contributed by atoms with van der Waals surface area (Å²) >= 11 is 4.47. The second-order valence-corrected chi connectivity index (χ2v) is 9.25.